The summed E-state index contributed by atoms with van der Waals surface area (Å²) in [7, 11) is -1.59. The molecular weight excluding hydrogens is 352 g/mol. The zero-order valence-corrected chi connectivity index (χ0v) is 15.3. The number of hydrogen-bond acceptors (Lipinski definition) is 5. The summed E-state index contributed by atoms with van der Waals surface area (Å²) < 4.78 is 27.1. The molecule has 7 nitrogen and oxygen atoms in total. The average Bonchev–Trinajstić information content (AvgIpc) is 3.04. The predicted octanol–water partition coefficient (Wildman–Crippen LogP) is 2.43. The fraction of sp³-hybridized carbons (Fsp3) is 0.389. The first kappa shape index (κ1) is 17.0. The summed E-state index contributed by atoms with van der Waals surface area (Å²) in [6, 6.07) is 6.59. The highest BCUT2D eigenvalue weighted by Gasteiger charge is 2.28. The second-order valence-electron chi connectivity index (χ2n) is 6.75. The highest BCUT2D eigenvalue weighted by atomic mass is 32.2. The number of benzene rings is 1. The first-order chi connectivity index (χ1) is 12.5. The quantitative estimate of drug-likeness (QED) is 0.761. The van der Waals surface area contributed by atoms with Crippen molar-refractivity contribution in [3.05, 3.63) is 40.8 Å². The van der Waals surface area contributed by atoms with Crippen LogP contribution < -0.4 is 5.56 Å². The minimum absolute atomic E-state index is 0.267. The Morgan fingerprint density at radius 1 is 1.12 bits per heavy atom. The summed E-state index contributed by atoms with van der Waals surface area (Å²) in [4.78, 5) is 19.7. The van der Waals surface area contributed by atoms with Gasteiger partial charge in [0.05, 0.1) is 16.3 Å². The molecule has 2 heterocycles. The van der Waals surface area contributed by atoms with Crippen LogP contribution in [-0.4, -0.2) is 33.4 Å². The molecule has 136 valence electrons. The van der Waals surface area contributed by atoms with Gasteiger partial charge in [0.1, 0.15) is 11.2 Å². The van der Waals surface area contributed by atoms with E-state index in [1.165, 1.54) is 10.9 Å². The van der Waals surface area contributed by atoms with Crippen molar-refractivity contribution in [2.45, 2.75) is 42.2 Å². The van der Waals surface area contributed by atoms with Crippen LogP contribution in [0.25, 0.3) is 22.4 Å². The van der Waals surface area contributed by atoms with Gasteiger partial charge in [-0.3, -0.25) is 9.48 Å². The molecule has 3 aromatic rings. The van der Waals surface area contributed by atoms with E-state index >= 15 is 0 Å². The molecule has 8 heteroatoms. The van der Waals surface area contributed by atoms with Crippen molar-refractivity contribution >= 4 is 20.9 Å². The van der Waals surface area contributed by atoms with Gasteiger partial charge in [-0.15, -0.1) is 0 Å². The highest BCUT2D eigenvalue weighted by molar-refractivity contribution is 7.92. The molecule has 0 aliphatic heterocycles. The number of hydrogen-bond donors (Lipinski definition) is 1. The van der Waals surface area contributed by atoms with Crippen LogP contribution >= 0.6 is 0 Å². The maximum atomic E-state index is 12.8. The SMILES string of the molecule is Cn1ncc2c(=O)[nH]c(-c3ccc(S(=O)(=O)C4CCCCC4)cc3)nc21. The van der Waals surface area contributed by atoms with Crippen LogP contribution in [0, 0.1) is 0 Å². The Morgan fingerprint density at radius 2 is 1.81 bits per heavy atom. The molecule has 26 heavy (non-hydrogen) atoms. The molecule has 1 aromatic carbocycles. The summed E-state index contributed by atoms with van der Waals surface area (Å²) >= 11 is 0. The molecular formula is C18H20N4O3S. The first-order valence-electron chi connectivity index (χ1n) is 8.73. The molecule has 0 amide bonds. The van der Waals surface area contributed by atoms with E-state index in [9.17, 15) is 13.2 Å². The molecule has 0 spiro atoms. The minimum Gasteiger partial charge on any atom is -0.306 e. The van der Waals surface area contributed by atoms with Crippen molar-refractivity contribution in [3.8, 4) is 11.4 Å². The van der Waals surface area contributed by atoms with Crippen molar-refractivity contribution in [1.29, 1.82) is 0 Å². The monoisotopic (exact) mass is 372 g/mol. The molecule has 1 saturated carbocycles. The lowest BCUT2D eigenvalue weighted by Crippen LogP contribution is -2.24. The summed E-state index contributed by atoms with van der Waals surface area (Å²) in [5, 5.41) is 4.18. The second-order valence-corrected chi connectivity index (χ2v) is 8.98. The third kappa shape index (κ3) is 2.84. The lowest BCUT2D eigenvalue weighted by molar-refractivity contribution is 0.483. The Kier molecular flexibility index (Phi) is 4.14. The summed E-state index contributed by atoms with van der Waals surface area (Å²) in [6.07, 6.45) is 5.99. The Hall–Kier alpha value is -2.48. The van der Waals surface area contributed by atoms with Crippen molar-refractivity contribution in [2.24, 2.45) is 7.05 Å². The van der Waals surface area contributed by atoms with E-state index in [2.05, 4.69) is 15.1 Å². The van der Waals surface area contributed by atoms with Gasteiger partial charge < -0.3 is 4.98 Å². The summed E-state index contributed by atoms with van der Waals surface area (Å²) in [6.45, 7) is 0. The van der Waals surface area contributed by atoms with Gasteiger partial charge in [0.25, 0.3) is 5.56 Å². The van der Waals surface area contributed by atoms with Crippen molar-refractivity contribution in [1.82, 2.24) is 19.7 Å². The lowest BCUT2D eigenvalue weighted by Gasteiger charge is -2.21. The van der Waals surface area contributed by atoms with E-state index in [1.54, 1.807) is 31.3 Å². The molecule has 0 bridgehead atoms. The number of aryl methyl sites for hydroxylation is 1. The fourth-order valence-electron chi connectivity index (χ4n) is 3.54. The number of fused-ring (bicyclic) bond motifs is 1. The van der Waals surface area contributed by atoms with Crippen LogP contribution in [-0.2, 0) is 16.9 Å². The second kappa shape index (κ2) is 6.35. The van der Waals surface area contributed by atoms with Gasteiger partial charge in [-0.2, -0.15) is 5.10 Å². The van der Waals surface area contributed by atoms with Crippen LogP contribution in [0.2, 0.25) is 0 Å². The Bertz CT molecular complexity index is 1110. The van der Waals surface area contributed by atoms with Gasteiger partial charge in [-0.1, -0.05) is 19.3 Å². The van der Waals surface area contributed by atoms with Gasteiger partial charge in [0.2, 0.25) is 0 Å². The van der Waals surface area contributed by atoms with Crippen LogP contribution in [0.3, 0.4) is 0 Å². The summed E-state index contributed by atoms with van der Waals surface area (Å²) in [5.41, 5.74) is 0.882. The van der Waals surface area contributed by atoms with Crippen LogP contribution in [0.1, 0.15) is 32.1 Å². The smallest absolute Gasteiger partial charge is 0.262 e. The van der Waals surface area contributed by atoms with E-state index < -0.39 is 9.84 Å². The van der Waals surface area contributed by atoms with Crippen LogP contribution in [0.15, 0.2) is 40.2 Å². The normalized spacial score (nSPS) is 16.2. The summed E-state index contributed by atoms with van der Waals surface area (Å²) in [5.74, 6) is 0.396. The fourth-order valence-corrected chi connectivity index (χ4v) is 5.39. The van der Waals surface area contributed by atoms with Crippen LogP contribution in [0.5, 0.6) is 0 Å². The van der Waals surface area contributed by atoms with Gasteiger partial charge in [0, 0.05) is 12.6 Å². The topological polar surface area (TPSA) is 97.7 Å². The zero-order valence-electron chi connectivity index (χ0n) is 14.5. The van der Waals surface area contributed by atoms with E-state index in [-0.39, 0.29) is 10.8 Å². The molecule has 4 rings (SSSR count). The maximum absolute atomic E-state index is 12.8. The van der Waals surface area contributed by atoms with Crippen molar-refractivity contribution in [3.63, 3.8) is 0 Å². The van der Waals surface area contributed by atoms with Gasteiger partial charge in [-0.25, -0.2) is 13.4 Å². The van der Waals surface area contributed by atoms with Gasteiger partial charge in [0.15, 0.2) is 15.5 Å². The number of aromatic amines is 1. The Balaban J connectivity index is 1.70. The Morgan fingerprint density at radius 3 is 2.50 bits per heavy atom. The number of sulfone groups is 1. The third-order valence-electron chi connectivity index (χ3n) is 5.05. The highest BCUT2D eigenvalue weighted by Crippen LogP contribution is 2.29. The number of nitrogens with zero attached hydrogens (tertiary/aromatic N) is 3. The molecule has 0 saturated heterocycles. The first-order valence-corrected chi connectivity index (χ1v) is 10.3. The van der Waals surface area contributed by atoms with E-state index in [4.69, 9.17) is 0 Å². The van der Waals surface area contributed by atoms with Gasteiger partial charge in [-0.05, 0) is 37.1 Å². The largest absolute Gasteiger partial charge is 0.306 e. The molecule has 1 aliphatic carbocycles. The maximum Gasteiger partial charge on any atom is 0.262 e. The Labute approximate surface area is 151 Å². The van der Waals surface area contributed by atoms with Gasteiger partial charge >= 0.3 is 0 Å². The molecule has 0 atom stereocenters. The number of aromatic nitrogens is 4. The standard InChI is InChI=1S/C18H20N4O3S/c1-22-17-15(11-19-22)18(23)21-16(20-17)12-7-9-14(10-8-12)26(24,25)13-5-3-2-4-6-13/h7-11,13H,2-6H2,1H3,(H,20,21,23). The zero-order chi connectivity index (χ0) is 18.3. The molecule has 1 N–H and O–H groups in total. The average molecular weight is 372 g/mol. The molecule has 1 fully saturated rings. The molecule has 2 aromatic heterocycles. The molecule has 0 unspecified atom stereocenters. The van der Waals surface area contributed by atoms with Crippen molar-refractivity contribution < 1.29 is 8.42 Å². The van der Waals surface area contributed by atoms with Crippen molar-refractivity contribution in [2.75, 3.05) is 0 Å². The van der Waals surface area contributed by atoms with E-state index in [0.717, 1.165) is 32.1 Å². The molecule has 1 aliphatic rings. The van der Waals surface area contributed by atoms with Crippen LogP contribution in [0.4, 0.5) is 0 Å². The molecule has 0 radical (unpaired) electrons. The van der Waals surface area contributed by atoms with E-state index in [1.807, 2.05) is 0 Å². The number of nitrogens with one attached hydrogen (secondary N) is 1. The van der Waals surface area contributed by atoms with E-state index in [0.29, 0.717) is 27.3 Å². The number of rotatable bonds is 3. The number of H-pyrrole nitrogens is 1. The third-order valence-corrected chi connectivity index (χ3v) is 7.33. The lowest BCUT2D eigenvalue weighted by atomic mass is 10.0. The predicted molar refractivity (Wildman–Crippen MR) is 98.6 cm³/mol. The minimum atomic E-state index is -3.31.